The summed E-state index contributed by atoms with van der Waals surface area (Å²) in [5.41, 5.74) is 2.76. The van der Waals surface area contributed by atoms with Crippen molar-refractivity contribution in [2.75, 3.05) is 0 Å². The Kier molecular flexibility index (Phi) is 1.82. The van der Waals surface area contributed by atoms with E-state index in [-0.39, 0.29) is 0 Å². The van der Waals surface area contributed by atoms with Gasteiger partial charge in [-0.15, -0.1) is 0 Å². The zero-order valence-corrected chi connectivity index (χ0v) is 7.89. The van der Waals surface area contributed by atoms with Gasteiger partial charge in [-0.3, -0.25) is 4.79 Å². The van der Waals surface area contributed by atoms with E-state index in [9.17, 15) is 4.79 Å². The molecule has 2 bridgehead atoms. The summed E-state index contributed by atoms with van der Waals surface area (Å²) in [5.74, 6) is 1.12. The molecule has 0 spiro atoms. The summed E-state index contributed by atoms with van der Waals surface area (Å²) in [6.07, 6.45) is 4.71. The summed E-state index contributed by atoms with van der Waals surface area (Å²) < 4.78 is 0. The van der Waals surface area contributed by atoms with Gasteiger partial charge < -0.3 is 0 Å². The molecule has 0 aromatic carbocycles. The smallest absolute Gasteiger partial charge is 0.147 e. The maximum Gasteiger partial charge on any atom is 0.147 e. The zero-order valence-electron chi connectivity index (χ0n) is 7.89. The summed E-state index contributed by atoms with van der Waals surface area (Å²) in [7, 11) is 0. The SMILES string of the molecule is CC1=C(C)[C@@H]2CCCCC1C2=O. The largest absolute Gasteiger partial charge is 0.298 e. The number of fused-ring (bicyclic) bond motifs is 2. The number of hydrogen-bond acceptors (Lipinski definition) is 1. The number of carbonyl (C=O) groups excluding carboxylic acids is 1. The first-order chi connectivity index (χ1) is 5.72. The molecular weight excluding hydrogens is 148 g/mol. The molecule has 1 unspecified atom stereocenters. The van der Waals surface area contributed by atoms with Crippen LogP contribution in [0.4, 0.5) is 0 Å². The molecule has 1 saturated carbocycles. The van der Waals surface area contributed by atoms with E-state index < -0.39 is 0 Å². The van der Waals surface area contributed by atoms with E-state index in [2.05, 4.69) is 13.8 Å². The molecule has 0 heterocycles. The van der Waals surface area contributed by atoms with Gasteiger partial charge in [0.15, 0.2) is 0 Å². The average Bonchev–Trinajstić information content (AvgIpc) is 2.28. The third kappa shape index (κ3) is 0.954. The molecule has 66 valence electrons. The molecule has 0 aromatic rings. The second kappa shape index (κ2) is 2.72. The number of rotatable bonds is 0. The lowest BCUT2D eigenvalue weighted by Crippen LogP contribution is -2.14. The molecule has 0 radical (unpaired) electrons. The van der Waals surface area contributed by atoms with Crippen LogP contribution in [0, 0.1) is 11.8 Å². The number of hydrogen-bond donors (Lipinski definition) is 0. The number of carbonyl (C=O) groups is 1. The van der Waals surface area contributed by atoms with E-state index in [1.807, 2.05) is 0 Å². The average molecular weight is 164 g/mol. The monoisotopic (exact) mass is 164 g/mol. The Bertz CT molecular complexity index is 226. The van der Waals surface area contributed by atoms with Crippen LogP contribution in [0.5, 0.6) is 0 Å². The van der Waals surface area contributed by atoms with Crippen molar-refractivity contribution in [3.63, 3.8) is 0 Å². The van der Waals surface area contributed by atoms with Crippen molar-refractivity contribution < 1.29 is 4.79 Å². The van der Waals surface area contributed by atoms with Crippen LogP contribution in [-0.2, 0) is 4.79 Å². The lowest BCUT2D eigenvalue weighted by atomic mass is 9.95. The molecule has 2 atom stereocenters. The molecule has 0 amide bonds. The Labute approximate surface area is 73.8 Å². The molecule has 2 rings (SSSR count). The highest BCUT2D eigenvalue weighted by atomic mass is 16.1. The summed E-state index contributed by atoms with van der Waals surface area (Å²) in [4.78, 5) is 11.8. The Hall–Kier alpha value is -0.590. The minimum Gasteiger partial charge on any atom is -0.298 e. The maximum absolute atomic E-state index is 11.8. The van der Waals surface area contributed by atoms with E-state index in [0.717, 1.165) is 12.8 Å². The van der Waals surface area contributed by atoms with Gasteiger partial charge in [-0.25, -0.2) is 0 Å². The van der Waals surface area contributed by atoms with Gasteiger partial charge in [-0.1, -0.05) is 24.0 Å². The van der Waals surface area contributed by atoms with Crippen LogP contribution in [-0.4, -0.2) is 5.78 Å². The third-order valence-corrected chi connectivity index (χ3v) is 3.59. The first kappa shape index (κ1) is 8.03. The summed E-state index contributed by atoms with van der Waals surface area (Å²) in [5, 5.41) is 0. The van der Waals surface area contributed by atoms with Gasteiger partial charge in [0.25, 0.3) is 0 Å². The molecule has 2 aliphatic rings. The van der Waals surface area contributed by atoms with Crippen LogP contribution in [0.3, 0.4) is 0 Å². The van der Waals surface area contributed by atoms with Gasteiger partial charge in [0.1, 0.15) is 5.78 Å². The maximum atomic E-state index is 11.8. The van der Waals surface area contributed by atoms with Crippen molar-refractivity contribution in [3.05, 3.63) is 11.1 Å². The van der Waals surface area contributed by atoms with Crippen LogP contribution >= 0.6 is 0 Å². The van der Waals surface area contributed by atoms with Crippen LogP contribution in [0.15, 0.2) is 11.1 Å². The third-order valence-electron chi connectivity index (χ3n) is 3.59. The standard InChI is InChI=1S/C11H16O/c1-7-8(2)10-6-4-3-5-9(7)11(10)12/h9-10H,3-6H2,1-2H3/t9-,10?/m0/s1. The molecule has 1 heteroatoms. The minimum atomic E-state index is 0.303. The van der Waals surface area contributed by atoms with E-state index in [4.69, 9.17) is 0 Å². The predicted molar refractivity (Wildman–Crippen MR) is 48.8 cm³/mol. The quantitative estimate of drug-likeness (QED) is 0.503. The molecular formula is C11H16O. The number of Topliss-reactive ketones (excluding diaryl/α,β-unsaturated/α-hetero) is 1. The molecule has 0 saturated heterocycles. The second-order valence-electron chi connectivity index (χ2n) is 4.16. The number of allylic oxidation sites excluding steroid dienone is 2. The van der Waals surface area contributed by atoms with E-state index in [0.29, 0.717) is 17.6 Å². The topological polar surface area (TPSA) is 17.1 Å². The van der Waals surface area contributed by atoms with Crippen molar-refractivity contribution in [2.45, 2.75) is 39.5 Å². The van der Waals surface area contributed by atoms with Gasteiger partial charge in [0, 0.05) is 11.8 Å². The molecule has 0 aromatic heterocycles. The van der Waals surface area contributed by atoms with Gasteiger partial charge in [-0.2, -0.15) is 0 Å². The van der Waals surface area contributed by atoms with Crippen LogP contribution in [0.1, 0.15) is 39.5 Å². The predicted octanol–water partition coefficient (Wildman–Crippen LogP) is 2.71. The second-order valence-corrected chi connectivity index (χ2v) is 4.16. The summed E-state index contributed by atoms with van der Waals surface area (Å²) >= 11 is 0. The molecule has 1 nitrogen and oxygen atoms in total. The highest BCUT2D eigenvalue weighted by Gasteiger charge is 2.38. The van der Waals surface area contributed by atoms with Crippen molar-refractivity contribution in [1.29, 1.82) is 0 Å². The normalized spacial score (nSPS) is 35.7. The summed E-state index contributed by atoms with van der Waals surface area (Å²) in [6.45, 7) is 4.28. The fraction of sp³-hybridized carbons (Fsp3) is 0.727. The molecule has 2 aliphatic carbocycles. The van der Waals surface area contributed by atoms with Crippen molar-refractivity contribution in [2.24, 2.45) is 11.8 Å². The summed E-state index contributed by atoms with van der Waals surface area (Å²) in [6, 6.07) is 0. The minimum absolute atomic E-state index is 0.303. The van der Waals surface area contributed by atoms with Gasteiger partial charge in [0.05, 0.1) is 0 Å². The molecule has 0 aliphatic heterocycles. The van der Waals surface area contributed by atoms with Crippen molar-refractivity contribution >= 4 is 5.78 Å². The van der Waals surface area contributed by atoms with E-state index >= 15 is 0 Å². The Morgan fingerprint density at radius 2 is 1.42 bits per heavy atom. The van der Waals surface area contributed by atoms with Crippen LogP contribution in [0.25, 0.3) is 0 Å². The van der Waals surface area contributed by atoms with E-state index in [1.54, 1.807) is 0 Å². The molecule has 12 heavy (non-hydrogen) atoms. The lowest BCUT2D eigenvalue weighted by molar-refractivity contribution is -0.123. The Morgan fingerprint density at radius 3 is 1.83 bits per heavy atom. The van der Waals surface area contributed by atoms with Crippen LogP contribution in [0.2, 0.25) is 0 Å². The fourth-order valence-corrected chi connectivity index (χ4v) is 2.63. The van der Waals surface area contributed by atoms with Crippen molar-refractivity contribution in [3.8, 4) is 0 Å². The van der Waals surface area contributed by atoms with Gasteiger partial charge in [0.2, 0.25) is 0 Å². The fourth-order valence-electron chi connectivity index (χ4n) is 2.63. The highest BCUT2D eigenvalue weighted by Crippen LogP contribution is 2.41. The highest BCUT2D eigenvalue weighted by molar-refractivity contribution is 5.92. The van der Waals surface area contributed by atoms with Crippen LogP contribution < -0.4 is 0 Å². The van der Waals surface area contributed by atoms with E-state index in [1.165, 1.54) is 24.0 Å². The lowest BCUT2D eigenvalue weighted by Gasteiger charge is -2.09. The Morgan fingerprint density at radius 1 is 1.00 bits per heavy atom. The molecule has 0 N–H and O–H groups in total. The molecule has 1 fully saturated rings. The number of ketones is 1. The van der Waals surface area contributed by atoms with Crippen molar-refractivity contribution in [1.82, 2.24) is 0 Å². The van der Waals surface area contributed by atoms with Gasteiger partial charge >= 0.3 is 0 Å². The Balaban J connectivity index is 2.37. The first-order valence-electron chi connectivity index (χ1n) is 4.93. The van der Waals surface area contributed by atoms with Gasteiger partial charge in [-0.05, 0) is 26.7 Å². The first-order valence-corrected chi connectivity index (χ1v) is 4.93. The zero-order chi connectivity index (χ0) is 8.72.